The van der Waals surface area contributed by atoms with E-state index in [1.54, 1.807) is 0 Å². The highest BCUT2D eigenvalue weighted by Crippen LogP contribution is 2.32. The molecule has 1 heterocycles. The molecule has 0 N–H and O–H groups in total. The Morgan fingerprint density at radius 1 is 1.62 bits per heavy atom. The molecule has 2 rings (SSSR count). The Kier molecular flexibility index (Phi) is 2.43. The van der Waals surface area contributed by atoms with Crippen LogP contribution in [0.4, 0.5) is 0 Å². The molecule has 3 heteroatoms. The average Bonchev–Trinajstić information content (AvgIpc) is 2.61. The molecule has 70 valence electrons. The van der Waals surface area contributed by atoms with Crippen LogP contribution in [0.25, 0.3) is 0 Å². The molecule has 0 amide bonds. The van der Waals surface area contributed by atoms with Gasteiger partial charge in [-0.15, -0.1) is 0 Å². The van der Waals surface area contributed by atoms with E-state index in [4.69, 9.17) is 4.74 Å². The number of rotatable bonds is 3. The van der Waals surface area contributed by atoms with E-state index in [0.717, 1.165) is 31.6 Å². The van der Waals surface area contributed by atoms with Crippen molar-refractivity contribution in [2.75, 3.05) is 13.2 Å². The normalized spacial score (nSPS) is 25.7. The molecule has 0 aromatic carbocycles. The quantitative estimate of drug-likeness (QED) is 0.624. The monoisotopic (exact) mass is 179 g/mol. The van der Waals surface area contributed by atoms with Crippen molar-refractivity contribution >= 4 is 0 Å². The summed E-state index contributed by atoms with van der Waals surface area (Å²) in [5, 5.41) is 2.88. The standard InChI is InChI=1S/C10H13NO2/c12-11-5-3-8-1-2-10-9(7-8)4-6-13-10/h2,7-8H,1,3-6H2. The minimum absolute atomic E-state index is 0.429. The number of hydrogen-bond acceptors (Lipinski definition) is 3. The molecule has 13 heavy (non-hydrogen) atoms. The summed E-state index contributed by atoms with van der Waals surface area (Å²) in [6.07, 6.45) is 7.27. The summed E-state index contributed by atoms with van der Waals surface area (Å²) in [5.41, 5.74) is 1.32. The van der Waals surface area contributed by atoms with Crippen molar-refractivity contribution in [3.8, 4) is 0 Å². The second-order valence-corrected chi connectivity index (χ2v) is 3.50. The van der Waals surface area contributed by atoms with E-state index >= 15 is 0 Å². The third kappa shape index (κ3) is 1.79. The molecule has 3 nitrogen and oxygen atoms in total. The van der Waals surface area contributed by atoms with Crippen LogP contribution in [0.1, 0.15) is 19.3 Å². The topological polar surface area (TPSA) is 38.7 Å². The van der Waals surface area contributed by atoms with Crippen LogP contribution in [-0.4, -0.2) is 13.2 Å². The van der Waals surface area contributed by atoms with Gasteiger partial charge < -0.3 is 4.74 Å². The van der Waals surface area contributed by atoms with Crippen molar-refractivity contribution in [3.63, 3.8) is 0 Å². The van der Waals surface area contributed by atoms with Gasteiger partial charge in [-0.05, 0) is 30.4 Å². The van der Waals surface area contributed by atoms with Crippen molar-refractivity contribution in [2.45, 2.75) is 19.3 Å². The first kappa shape index (κ1) is 8.48. The van der Waals surface area contributed by atoms with E-state index in [-0.39, 0.29) is 0 Å². The van der Waals surface area contributed by atoms with E-state index in [1.807, 2.05) is 0 Å². The van der Waals surface area contributed by atoms with Crippen molar-refractivity contribution < 1.29 is 4.74 Å². The lowest BCUT2D eigenvalue weighted by molar-refractivity contribution is 0.263. The van der Waals surface area contributed by atoms with Crippen LogP contribution in [-0.2, 0) is 4.74 Å². The Labute approximate surface area is 77.4 Å². The van der Waals surface area contributed by atoms with Crippen LogP contribution in [0.2, 0.25) is 0 Å². The third-order valence-electron chi connectivity index (χ3n) is 2.58. The molecular weight excluding hydrogens is 166 g/mol. The van der Waals surface area contributed by atoms with Gasteiger partial charge in [-0.2, -0.15) is 4.91 Å². The van der Waals surface area contributed by atoms with Crippen LogP contribution >= 0.6 is 0 Å². The number of nitrogens with zero attached hydrogens (tertiary/aromatic N) is 1. The van der Waals surface area contributed by atoms with Crippen LogP contribution in [0.15, 0.2) is 28.7 Å². The molecule has 1 saturated heterocycles. The maximum atomic E-state index is 9.96. The lowest BCUT2D eigenvalue weighted by Crippen LogP contribution is -2.03. The summed E-state index contributed by atoms with van der Waals surface area (Å²) < 4.78 is 5.42. The maximum absolute atomic E-state index is 9.96. The van der Waals surface area contributed by atoms with Crippen LogP contribution in [0.3, 0.4) is 0 Å². The first-order valence-corrected chi connectivity index (χ1v) is 4.73. The summed E-state index contributed by atoms with van der Waals surface area (Å²) >= 11 is 0. The second-order valence-electron chi connectivity index (χ2n) is 3.50. The van der Waals surface area contributed by atoms with Gasteiger partial charge in [-0.3, -0.25) is 0 Å². The minimum Gasteiger partial charge on any atom is -0.493 e. The third-order valence-corrected chi connectivity index (χ3v) is 2.58. The predicted octanol–water partition coefficient (Wildman–Crippen LogP) is 2.39. The molecule has 0 bridgehead atoms. The van der Waals surface area contributed by atoms with Gasteiger partial charge in [0.25, 0.3) is 0 Å². The molecule has 1 fully saturated rings. The Balaban J connectivity index is 1.97. The number of allylic oxidation sites excluding steroid dienone is 3. The second kappa shape index (κ2) is 3.73. The molecule has 0 aromatic rings. The molecule has 0 aromatic heterocycles. The van der Waals surface area contributed by atoms with E-state index in [0.29, 0.717) is 12.5 Å². The molecule has 1 atom stereocenters. The molecule has 2 aliphatic rings. The van der Waals surface area contributed by atoms with Crippen LogP contribution < -0.4 is 0 Å². The predicted molar refractivity (Wildman–Crippen MR) is 50.1 cm³/mol. The van der Waals surface area contributed by atoms with Gasteiger partial charge in [0.1, 0.15) is 5.76 Å². The van der Waals surface area contributed by atoms with E-state index in [2.05, 4.69) is 17.3 Å². The zero-order valence-electron chi connectivity index (χ0n) is 7.53. The number of hydrogen-bond donors (Lipinski definition) is 0. The van der Waals surface area contributed by atoms with Crippen molar-refractivity contribution in [2.24, 2.45) is 11.1 Å². The van der Waals surface area contributed by atoms with E-state index in [1.165, 1.54) is 5.57 Å². The van der Waals surface area contributed by atoms with E-state index in [9.17, 15) is 4.91 Å². The average molecular weight is 179 g/mol. The highest BCUT2D eigenvalue weighted by atomic mass is 16.5. The fourth-order valence-electron chi connectivity index (χ4n) is 1.87. The molecule has 1 aliphatic carbocycles. The Morgan fingerprint density at radius 3 is 3.38 bits per heavy atom. The first-order valence-electron chi connectivity index (χ1n) is 4.73. The van der Waals surface area contributed by atoms with Crippen molar-refractivity contribution in [1.82, 2.24) is 0 Å². The lowest BCUT2D eigenvalue weighted by atomic mass is 9.92. The van der Waals surface area contributed by atoms with Crippen LogP contribution in [0.5, 0.6) is 0 Å². The number of nitroso groups, excluding NO2 is 1. The molecule has 0 radical (unpaired) electrons. The highest BCUT2D eigenvalue weighted by Gasteiger charge is 2.20. The number of ether oxygens (including phenoxy) is 1. The Hall–Kier alpha value is -1.12. The van der Waals surface area contributed by atoms with Crippen molar-refractivity contribution in [1.29, 1.82) is 0 Å². The summed E-state index contributed by atoms with van der Waals surface area (Å²) in [6, 6.07) is 0. The van der Waals surface area contributed by atoms with E-state index < -0.39 is 0 Å². The summed E-state index contributed by atoms with van der Waals surface area (Å²) in [5.74, 6) is 1.56. The Morgan fingerprint density at radius 2 is 2.54 bits per heavy atom. The maximum Gasteiger partial charge on any atom is 0.118 e. The zero-order valence-corrected chi connectivity index (χ0v) is 7.53. The minimum atomic E-state index is 0.429. The summed E-state index contributed by atoms with van der Waals surface area (Å²) in [6.45, 7) is 1.24. The first-order chi connectivity index (χ1) is 6.40. The highest BCUT2D eigenvalue weighted by molar-refractivity contribution is 5.32. The lowest BCUT2D eigenvalue weighted by Gasteiger charge is -2.15. The summed E-state index contributed by atoms with van der Waals surface area (Å²) in [4.78, 5) is 9.96. The molecular formula is C10H13NO2. The van der Waals surface area contributed by atoms with Gasteiger partial charge in [0.15, 0.2) is 0 Å². The van der Waals surface area contributed by atoms with Crippen LogP contribution in [0, 0.1) is 10.8 Å². The van der Waals surface area contributed by atoms with Gasteiger partial charge in [0.05, 0.1) is 13.2 Å². The number of fused-ring (bicyclic) bond motifs is 1. The largest absolute Gasteiger partial charge is 0.493 e. The molecule has 1 aliphatic heterocycles. The van der Waals surface area contributed by atoms with Gasteiger partial charge in [-0.25, -0.2) is 0 Å². The fraction of sp³-hybridized carbons (Fsp3) is 0.600. The van der Waals surface area contributed by atoms with Gasteiger partial charge in [0.2, 0.25) is 0 Å². The zero-order chi connectivity index (χ0) is 9.10. The SMILES string of the molecule is O=NCCC1C=C2CCOC2=CC1. The van der Waals surface area contributed by atoms with Gasteiger partial charge in [-0.1, -0.05) is 11.3 Å². The Bertz CT molecular complexity index is 268. The smallest absolute Gasteiger partial charge is 0.118 e. The summed E-state index contributed by atoms with van der Waals surface area (Å²) in [7, 11) is 0. The molecule has 1 unspecified atom stereocenters. The molecule has 0 saturated carbocycles. The van der Waals surface area contributed by atoms with Gasteiger partial charge >= 0.3 is 0 Å². The van der Waals surface area contributed by atoms with Crippen molar-refractivity contribution in [3.05, 3.63) is 28.4 Å². The molecule has 0 spiro atoms. The van der Waals surface area contributed by atoms with Gasteiger partial charge in [0, 0.05) is 6.42 Å². The fourth-order valence-corrected chi connectivity index (χ4v) is 1.87.